The Morgan fingerprint density at radius 1 is 1.52 bits per heavy atom. The highest BCUT2D eigenvalue weighted by atomic mass is 32.2. The normalized spacial score (nSPS) is 23.7. The third-order valence-corrected chi connectivity index (χ3v) is 5.03. The number of carbonyl (C=O) groups is 1. The molecule has 1 saturated heterocycles. The smallest absolute Gasteiger partial charge is 0.336 e. The molecule has 1 fully saturated rings. The number of carbonyl (C=O) groups excluding carboxylic acids is 1. The van der Waals surface area contributed by atoms with Crippen LogP contribution in [0.15, 0.2) is 18.3 Å². The van der Waals surface area contributed by atoms with E-state index in [4.69, 9.17) is 0 Å². The van der Waals surface area contributed by atoms with Crippen LogP contribution in [-0.4, -0.2) is 44.6 Å². The summed E-state index contributed by atoms with van der Waals surface area (Å²) in [6.07, 6.45) is 1.25. The second-order valence-corrected chi connectivity index (χ2v) is 7.03. The highest BCUT2D eigenvalue weighted by Gasteiger charge is 2.46. The second-order valence-electron chi connectivity index (χ2n) is 5.41. The molecule has 2 rings (SSSR count). The van der Waals surface area contributed by atoms with Crippen molar-refractivity contribution in [3.8, 4) is 0 Å². The number of amides is 1. The summed E-state index contributed by atoms with van der Waals surface area (Å²) in [5.74, 6) is -4.28. The molecule has 0 aliphatic carbocycles. The van der Waals surface area contributed by atoms with Crippen LogP contribution in [-0.2, 0) is 21.5 Å². The highest BCUT2D eigenvalue weighted by Crippen LogP contribution is 2.31. The molecule has 116 valence electrons. The minimum atomic E-state index is -3.66. The zero-order chi connectivity index (χ0) is 15.6. The molecule has 1 aromatic rings. The summed E-state index contributed by atoms with van der Waals surface area (Å²) in [7, 11) is -1.05. The minimum Gasteiger partial charge on any atom is -0.336 e. The minimum absolute atomic E-state index is 0.0575. The van der Waals surface area contributed by atoms with Gasteiger partial charge in [-0.05, 0) is 24.5 Å². The van der Waals surface area contributed by atoms with E-state index >= 15 is 0 Å². The molecule has 2 unspecified atom stereocenters. The van der Waals surface area contributed by atoms with E-state index in [0.29, 0.717) is 5.75 Å². The lowest BCUT2D eigenvalue weighted by Gasteiger charge is -2.27. The number of rotatable bonds is 2. The van der Waals surface area contributed by atoms with Crippen molar-refractivity contribution >= 4 is 16.7 Å². The molecule has 4 nitrogen and oxygen atoms in total. The number of pyridine rings is 1. The maximum Gasteiger partial charge on any atom is 0.366 e. The van der Waals surface area contributed by atoms with Gasteiger partial charge in [0.2, 0.25) is 0 Å². The van der Waals surface area contributed by atoms with Gasteiger partial charge in [0.15, 0.2) is 0 Å². The van der Waals surface area contributed by atoms with Crippen LogP contribution in [0.25, 0.3) is 0 Å². The fraction of sp³-hybridized carbons (Fsp3) is 0.571. The van der Waals surface area contributed by atoms with E-state index in [1.807, 2.05) is 6.92 Å². The van der Waals surface area contributed by atoms with Gasteiger partial charge >= 0.3 is 5.92 Å². The molecule has 0 spiro atoms. The second kappa shape index (κ2) is 6.17. The van der Waals surface area contributed by atoms with Crippen LogP contribution >= 0.6 is 0 Å². The Hall–Kier alpha value is -1.37. The molecule has 21 heavy (non-hydrogen) atoms. The van der Waals surface area contributed by atoms with Crippen LogP contribution in [0.3, 0.4) is 0 Å². The fourth-order valence-electron chi connectivity index (χ4n) is 2.43. The van der Waals surface area contributed by atoms with Crippen LogP contribution < -0.4 is 0 Å². The zero-order valence-corrected chi connectivity index (χ0v) is 12.8. The average Bonchev–Trinajstić information content (AvgIpc) is 2.58. The molecule has 0 radical (unpaired) electrons. The largest absolute Gasteiger partial charge is 0.366 e. The SMILES string of the molecule is Cc1cccnc1C(F)(F)C(=O)N1CCS(=O)CC(C)C1. The first-order valence-electron chi connectivity index (χ1n) is 6.76. The molecule has 0 bridgehead atoms. The molecule has 1 aromatic heterocycles. The first-order valence-corrected chi connectivity index (χ1v) is 8.25. The molecule has 0 saturated carbocycles. The van der Waals surface area contributed by atoms with E-state index in [9.17, 15) is 17.8 Å². The third-order valence-electron chi connectivity index (χ3n) is 3.45. The molecule has 7 heteroatoms. The number of aromatic nitrogens is 1. The Morgan fingerprint density at radius 3 is 2.90 bits per heavy atom. The molecule has 2 atom stereocenters. The van der Waals surface area contributed by atoms with Gasteiger partial charge in [-0.3, -0.25) is 14.0 Å². The summed E-state index contributed by atoms with van der Waals surface area (Å²) < 4.78 is 40.5. The summed E-state index contributed by atoms with van der Waals surface area (Å²) in [6.45, 7) is 3.61. The lowest BCUT2D eigenvalue weighted by Crippen LogP contribution is -2.45. The topological polar surface area (TPSA) is 50.3 Å². The van der Waals surface area contributed by atoms with Crippen LogP contribution in [0.1, 0.15) is 18.2 Å². The van der Waals surface area contributed by atoms with Crippen molar-refractivity contribution < 1.29 is 17.8 Å². The average molecular weight is 316 g/mol. The van der Waals surface area contributed by atoms with E-state index in [2.05, 4.69) is 4.98 Å². The standard InChI is InChI=1S/C14H18F2N2O2S/c1-10-8-18(6-7-21(20)9-10)13(19)14(15,16)12-11(2)4-3-5-17-12/h3-5,10H,6-9H2,1-2H3. The lowest BCUT2D eigenvalue weighted by atomic mass is 10.1. The van der Waals surface area contributed by atoms with Gasteiger partial charge in [-0.15, -0.1) is 0 Å². The molecule has 1 amide bonds. The maximum atomic E-state index is 14.4. The zero-order valence-electron chi connectivity index (χ0n) is 12.0. The summed E-state index contributed by atoms with van der Waals surface area (Å²) in [6, 6.07) is 3.06. The third kappa shape index (κ3) is 3.45. The molecular formula is C14H18F2N2O2S. The quantitative estimate of drug-likeness (QED) is 0.834. The number of nitrogens with zero attached hydrogens (tertiary/aromatic N) is 2. The van der Waals surface area contributed by atoms with Gasteiger partial charge in [0.25, 0.3) is 5.91 Å². The van der Waals surface area contributed by atoms with Crippen molar-refractivity contribution in [2.24, 2.45) is 5.92 Å². The summed E-state index contributed by atoms with van der Waals surface area (Å²) in [4.78, 5) is 17.0. The fourth-order valence-corrected chi connectivity index (χ4v) is 3.76. The Kier molecular flexibility index (Phi) is 4.70. The molecule has 1 aliphatic heterocycles. The van der Waals surface area contributed by atoms with Crippen molar-refractivity contribution in [2.75, 3.05) is 24.6 Å². The van der Waals surface area contributed by atoms with Crippen molar-refractivity contribution in [3.63, 3.8) is 0 Å². The maximum absolute atomic E-state index is 14.4. The number of halogens is 2. The van der Waals surface area contributed by atoms with Crippen molar-refractivity contribution in [1.29, 1.82) is 0 Å². The highest BCUT2D eigenvalue weighted by molar-refractivity contribution is 7.85. The van der Waals surface area contributed by atoms with Gasteiger partial charge in [0.05, 0.1) is 0 Å². The molecule has 2 heterocycles. The van der Waals surface area contributed by atoms with Crippen molar-refractivity contribution in [1.82, 2.24) is 9.88 Å². The van der Waals surface area contributed by atoms with E-state index in [1.54, 1.807) is 6.07 Å². The Bertz CT molecular complexity index is 566. The first-order chi connectivity index (χ1) is 9.82. The molecule has 0 N–H and O–H groups in total. The molecule has 1 aliphatic rings. The van der Waals surface area contributed by atoms with Gasteiger partial charge < -0.3 is 4.90 Å². The predicted octanol–water partition coefficient (Wildman–Crippen LogP) is 1.71. The van der Waals surface area contributed by atoms with Gasteiger partial charge in [-0.25, -0.2) is 0 Å². The van der Waals surface area contributed by atoms with Crippen LogP contribution in [0.2, 0.25) is 0 Å². The lowest BCUT2D eigenvalue weighted by molar-refractivity contribution is -0.159. The van der Waals surface area contributed by atoms with E-state index < -0.39 is 28.3 Å². The first kappa shape index (κ1) is 16.0. The van der Waals surface area contributed by atoms with E-state index in [0.717, 1.165) is 4.90 Å². The number of hydrogen-bond acceptors (Lipinski definition) is 3. The van der Waals surface area contributed by atoms with Crippen LogP contribution in [0.4, 0.5) is 8.78 Å². The van der Waals surface area contributed by atoms with Crippen molar-refractivity contribution in [3.05, 3.63) is 29.6 Å². The van der Waals surface area contributed by atoms with Gasteiger partial charge in [0, 0.05) is 41.6 Å². The van der Waals surface area contributed by atoms with Gasteiger partial charge in [-0.2, -0.15) is 8.78 Å². The predicted molar refractivity (Wildman–Crippen MR) is 76.5 cm³/mol. The summed E-state index contributed by atoms with van der Waals surface area (Å²) >= 11 is 0. The molecular weight excluding hydrogens is 298 g/mol. The number of aryl methyl sites for hydroxylation is 1. The van der Waals surface area contributed by atoms with E-state index in [1.165, 1.54) is 19.2 Å². The van der Waals surface area contributed by atoms with E-state index in [-0.39, 0.29) is 30.3 Å². The van der Waals surface area contributed by atoms with Crippen molar-refractivity contribution in [2.45, 2.75) is 19.8 Å². The summed E-state index contributed by atoms with van der Waals surface area (Å²) in [5, 5.41) is 0. The van der Waals surface area contributed by atoms with Crippen LogP contribution in [0.5, 0.6) is 0 Å². The van der Waals surface area contributed by atoms with Gasteiger partial charge in [-0.1, -0.05) is 13.0 Å². The Labute approximate surface area is 125 Å². The number of hydrogen-bond donors (Lipinski definition) is 0. The Morgan fingerprint density at radius 2 is 2.24 bits per heavy atom. The monoisotopic (exact) mass is 316 g/mol. The van der Waals surface area contributed by atoms with Crippen LogP contribution in [0, 0.1) is 12.8 Å². The summed E-state index contributed by atoms with van der Waals surface area (Å²) in [5.41, 5.74) is -0.227. The Balaban J connectivity index is 2.25. The number of alkyl halides is 2. The van der Waals surface area contributed by atoms with Gasteiger partial charge in [0.1, 0.15) is 5.69 Å². The molecule has 0 aromatic carbocycles.